The van der Waals surface area contributed by atoms with Crippen molar-refractivity contribution in [2.24, 2.45) is 0 Å². The number of aryl methyl sites for hydroxylation is 1. The molecule has 0 aromatic heterocycles. The third-order valence-corrected chi connectivity index (χ3v) is 6.63. The van der Waals surface area contributed by atoms with Crippen LogP contribution in [0.5, 0.6) is 0 Å². The maximum atomic E-state index is 15.4. The summed E-state index contributed by atoms with van der Waals surface area (Å²) in [4.78, 5) is 38.1. The number of benzene rings is 2. The predicted octanol–water partition coefficient (Wildman–Crippen LogP) is 4.28. The summed E-state index contributed by atoms with van der Waals surface area (Å²) in [5, 5.41) is 5.24. The zero-order chi connectivity index (χ0) is 25.5. The van der Waals surface area contributed by atoms with Gasteiger partial charge in [0.1, 0.15) is 11.6 Å². The topological polar surface area (TPSA) is 78.5 Å². The Labute approximate surface area is 199 Å². The third-order valence-electron chi connectivity index (χ3n) is 6.63. The molecule has 0 unspecified atom stereocenters. The average molecular weight is 491 g/mol. The number of piperidine rings is 1. The van der Waals surface area contributed by atoms with Crippen LogP contribution in [-0.4, -0.2) is 40.7 Å². The number of nitrogens with zero attached hydrogens (tertiary/aromatic N) is 1. The summed E-state index contributed by atoms with van der Waals surface area (Å²) in [6.45, 7) is 2.87. The molecule has 186 valence electrons. The highest BCUT2D eigenvalue weighted by Gasteiger charge is 2.53. The molecule has 2 bridgehead atoms. The van der Waals surface area contributed by atoms with E-state index in [2.05, 4.69) is 10.6 Å². The van der Waals surface area contributed by atoms with Gasteiger partial charge in [-0.05, 0) is 74.6 Å². The maximum Gasteiger partial charge on any atom is 0.352 e. The molecule has 2 heterocycles. The van der Waals surface area contributed by atoms with Gasteiger partial charge in [0.05, 0.1) is 5.56 Å². The number of hydrogen-bond donors (Lipinski definition) is 2. The van der Waals surface area contributed by atoms with Crippen molar-refractivity contribution in [2.45, 2.75) is 63.6 Å². The fourth-order valence-electron chi connectivity index (χ4n) is 5.02. The van der Waals surface area contributed by atoms with Crippen molar-refractivity contribution in [2.75, 3.05) is 5.32 Å². The number of anilines is 1. The van der Waals surface area contributed by atoms with E-state index >= 15 is 8.78 Å². The molecule has 2 aromatic rings. The van der Waals surface area contributed by atoms with Crippen molar-refractivity contribution in [3.8, 4) is 0 Å². The van der Waals surface area contributed by atoms with Crippen LogP contribution < -0.4 is 10.6 Å². The molecule has 2 aliphatic rings. The molecule has 3 atom stereocenters. The van der Waals surface area contributed by atoms with Gasteiger partial charge in [-0.25, -0.2) is 8.78 Å². The minimum absolute atomic E-state index is 0.207. The van der Waals surface area contributed by atoms with Crippen LogP contribution in [0.2, 0.25) is 0 Å². The number of alkyl halides is 2. The van der Waals surface area contributed by atoms with Crippen LogP contribution in [0.15, 0.2) is 36.4 Å². The molecular weight excluding hydrogens is 466 g/mol. The molecule has 2 fully saturated rings. The Morgan fingerprint density at radius 2 is 1.60 bits per heavy atom. The third kappa shape index (κ3) is 4.87. The Kier molecular flexibility index (Phi) is 6.57. The quantitative estimate of drug-likeness (QED) is 0.613. The fourth-order valence-corrected chi connectivity index (χ4v) is 5.02. The summed E-state index contributed by atoms with van der Waals surface area (Å²) < 4.78 is 58.7. The van der Waals surface area contributed by atoms with Gasteiger partial charge in [-0.1, -0.05) is 0 Å². The lowest BCUT2D eigenvalue weighted by Gasteiger charge is -2.40. The van der Waals surface area contributed by atoms with Gasteiger partial charge in [0, 0.05) is 36.3 Å². The monoisotopic (exact) mass is 491 g/mol. The van der Waals surface area contributed by atoms with E-state index < -0.39 is 47.0 Å². The van der Waals surface area contributed by atoms with Crippen LogP contribution in [-0.2, 0) is 15.5 Å². The Hall–Kier alpha value is -3.43. The largest absolute Gasteiger partial charge is 0.353 e. The lowest BCUT2D eigenvalue weighted by molar-refractivity contribution is -0.164. The molecule has 2 saturated heterocycles. The van der Waals surface area contributed by atoms with Gasteiger partial charge >= 0.3 is 5.92 Å². The number of carbonyl (C=O) groups is 3. The summed E-state index contributed by atoms with van der Waals surface area (Å²) in [5.41, 5.74) is -0.949. The minimum Gasteiger partial charge on any atom is -0.353 e. The van der Waals surface area contributed by atoms with Crippen LogP contribution >= 0.6 is 0 Å². The molecule has 3 amide bonds. The number of halogens is 4. The molecule has 4 rings (SSSR count). The van der Waals surface area contributed by atoms with Gasteiger partial charge < -0.3 is 15.5 Å². The van der Waals surface area contributed by atoms with Gasteiger partial charge in [0.25, 0.3) is 11.8 Å². The Morgan fingerprint density at radius 3 is 2.20 bits per heavy atom. The second-order valence-corrected chi connectivity index (χ2v) is 9.15. The van der Waals surface area contributed by atoms with Crippen molar-refractivity contribution in [1.29, 1.82) is 0 Å². The first kappa shape index (κ1) is 24.7. The SMILES string of the molecule is CC(=O)N[C@@H]1C[C@H]2CC[C@@H](C1)N2C(=O)C(F)(F)c1cc(C(=O)Nc2ccc(F)c(C)c2)ccc1F. The lowest BCUT2D eigenvalue weighted by Crippen LogP contribution is -2.55. The number of fused-ring (bicyclic) bond motifs is 2. The standard InChI is InChI=1S/C25H25F4N3O3/c1-13-9-16(4-8-21(13)26)31-23(34)15-3-7-22(27)20(10-15)25(28,29)24(35)32-18-5-6-19(32)12-17(11-18)30-14(2)33/h3-4,7-10,17-19H,5-6,11-12H2,1-2H3,(H,30,33)(H,31,34)/t17-,18-,19+. The predicted molar refractivity (Wildman–Crippen MR) is 120 cm³/mol. The van der Waals surface area contributed by atoms with Gasteiger partial charge in [-0.15, -0.1) is 0 Å². The van der Waals surface area contributed by atoms with E-state index in [9.17, 15) is 23.2 Å². The van der Waals surface area contributed by atoms with Gasteiger partial charge in [-0.3, -0.25) is 14.4 Å². The van der Waals surface area contributed by atoms with Crippen molar-refractivity contribution in [1.82, 2.24) is 10.2 Å². The van der Waals surface area contributed by atoms with E-state index in [1.54, 1.807) is 0 Å². The number of amides is 3. The van der Waals surface area contributed by atoms with Crippen molar-refractivity contribution in [3.63, 3.8) is 0 Å². The molecule has 2 aromatic carbocycles. The number of hydrogen-bond acceptors (Lipinski definition) is 3. The van der Waals surface area contributed by atoms with Crippen LogP contribution in [0.1, 0.15) is 54.1 Å². The molecule has 2 N–H and O–H groups in total. The molecule has 10 heteroatoms. The number of carbonyl (C=O) groups excluding carboxylic acids is 3. The molecule has 0 radical (unpaired) electrons. The summed E-state index contributed by atoms with van der Waals surface area (Å²) >= 11 is 0. The Bertz CT molecular complexity index is 1170. The fraction of sp³-hybridized carbons (Fsp3) is 0.400. The molecular formula is C25H25F4N3O3. The summed E-state index contributed by atoms with van der Waals surface area (Å²) in [6.07, 6.45) is 1.73. The van der Waals surface area contributed by atoms with E-state index in [1.165, 1.54) is 26.0 Å². The van der Waals surface area contributed by atoms with Crippen LogP contribution in [0.25, 0.3) is 0 Å². The molecule has 6 nitrogen and oxygen atoms in total. The molecule has 0 aliphatic carbocycles. The van der Waals surface area contributed by atoms with Gasteiger partial charge in [-0.2, -0.15) is 8.78 Å². The number of nitrogens with one attached hydrogen (secondary N) is 2. The van der Waals surface area contributed by atoms with E-state index in [-0.39, 0.29) is 28.8 Å². The molecule has 0 spiro atoms. The first-order chi connectivity index (χ1) is 16.5. The van der Waals surface area contributed by atoms with Gasteiger partial charge in [0.2, 0.25) is 5.91 Å². The molecule has 2 aliphatic heterocycles. The Balaban J connectivity index is 1.55. The summed E-state index contributed by atoms with van der Waals surface area (Å²) in [7, 11) is 0. The highest BCUT2D eigenvalue weighted by molar-refractivity contribution is 6.04. The second kappa shape index (κ2) is 9.31. The van der Waals surface area contributed by atoms with E-state index in [1.807, 2.05) is 0 Å². The minimum atomic E-state index is -4.20. The van der Waals surface area contributed by atoms with Crippen molar-refractivity contribution >= 4 is 23.4 Å². The van der Waals surface area contributed by atoms with E-state index in [0.29, 0.717) is 31.7 Å². The van der Waals surface area contributed by atoms with Crippen LogP contribution in [0.4, 0.5) is 23.2 Å². The first-order valence-electron chi connectivity index (χ1n) is 11.3. The van der Waals surface area contributed by atoms with Crippen LogP contribution in [0.3, 0.4) is 0 Å². The van der Waals surface area contributed by atoms with E-state index in [4.69, 9.17) is 0 Å². The van der Waals surface area contributed by atoms with Crippen molar-refractivity contribution < 1.29 is 31.9 Å². The zero-order valence-electron chi connectivity index (χ0n) is 19.2. The van der Waals surface area contributed by atoms with Crippen LogP contribution in [0, 0.1) is 18.6 Å². The smallest absolute Gasteiger partial charge is 0.352 e. The van der Waals surface area contributed by atoms with Crippen molar-refractivity contribution in [3.05, 3.63) is 64.7 Å². The summed E-state index contributed by atoms with van der Waals surface area (Å²) in [5.74, 6) is -8.53. The highest BCUT2D eigenvalue weighted by atomic mass is 19.3. The molecule has 35 heavy (non-hydrogen) atoms. The van der Waals surface area contributed by atoms with E-state index in [0.717, 1.165) is 23.1 Å². The van der Waals surface area contributed by atoms with Gasteiger partial charge in [0.15, 0.2) is 0 Å². The second-order valence-electron chi connectivity index (χ2n) is 9.15. The Morgan fingerprint density at radius 1 is 0.971 bits per heavy atom. The summed E-state index contributed by atoms with van der Waals surface area (Å²) in [6, 6.07) is 5.08. The maximum absolute atomic E-state index is 15.4. The molecule has 0 saturated carbocycles. The lowest BCUT2D eigenvalue weighted by atomic mass is 9.95. The zero-order valence-corrected chi connectivity index (χ0v) is 19.2. The highest BCUT2D eigenvalue weighted by Crippen LogP contribution is 2.41. The number of rotatable bonds is 5. The first-order valence-corrected chi connectivity index (χ1v) is 11.3. The normalized spacial score (nSPS) is 21.5. The average Bonchev–Trinajstić information content (AvgIpc) is 3.05.